The fourth-order valence-electron chi connectivity index (χ4n) is 6.84. The van der Waals surface area contributed by atoms with Crippen molar-refractivity contribution in [2.24, 2.45) is 0 Å². The van der Waals surface area contributed by atoms with E-state index >= 15 is 0 Å². The van der Waals surface area contributed by atoms with E-state index in [1.54, 1.807) is 0 Å². The van der Waals surface area contributed by atoms with Crippen LogP contribution in [0.4, 0.5) is 0 Å². The Morgan fingerprint density at radius 3 is 0.714 bits per heavy atom. The number of rotatable bonds is 4. The smallest absolute Gasteiger partial charge is 0.657 e. The topological polar surface area (TPSA) is 59.8 Å². The number of hydrogen-bond acceptors (Lipinski definition) is 0. The molecule has 8 aromatic rings. The second kappa shape index (κ2) is 12.9. The zero-order chi connectivity index (χ0) is 31.9. The Morgan fingerprint density at radius 1 is 0.265 bits per heavy atom. The molecule has 5 heterocycles. The van der Waals surface area contributed by atoms with E-state index in [0.717, 1.165) is 88.7 Å². The summed E-state index contributed by atoms with van der Waals surface area (Å²) >= 11 is 0. The Morgan fingerprint density at radius 2 is 0.490 bits per heavy atom. The fraction of sp³-hybridized carbons (Fsp3) is 0. The fourth-order valence-corrected chi connectivity index (χ4v) is 6.84. The number of H-pyrrole nitrogens is 2. The predicted octanol–water partition coefficient (Wildman–Crippen LogP) is 5.56. The van der Waals surface area contributed by atoms with Crippen LogP contribution < -0.4 is 31.4 Å². The van der Waals surface area contributed by atoms with Gasteiger partial charge in [0, 0.05) is 22.8 Å². The molecule has 4 nitrogen and oxygen atoms in total. The van der Waals surface area contributed by atoms with Crippen molar-refractivity contribution < 1.29 is 16.8 Å². The monoisotopic (exact) mass is 673 g/mol. The van der Waals surface area contributed by atoms with E-state index in [4.69, 9.17) is 9.97 Å². The van der Waals surface area contributed by atoms with E-state index in [-0.39, 0.29) is 16.8 Å². The number of benzene rings is 4. The van der Waals surface area contributed by atoms with Gasteiger partial charge in [-0.15, -0.1) is 21.4 Å². The Hall–Kier alpha value is -6.01. The summed E-state index contributed by atoms with van der Waals surface area (Å²) in [6.07, 6.45) is 0. The Kier molecular flexibility index (Phi) is 7.98. The van der Waals surface area contributed by atoms with Crippen LogP contribution in [0.25, 0.3) is 22.3 Å². The van der Waals surface area contributed by atoms with Crippen LogP contribution in [0, 0.1) is 0 Å². The summed E-state index contributed by atoms with van der Waals surface area (Å²) in [7, 11) is 0. The van der Waals surface area contributed by atoms with Gasteiger partial charge in [-0.05, 0) is 68.8 Å². The van der Waals surface area contributed by atoms with Crippen LogP contribution in [0.2, 0.25) is 0 Å². The zero-order valence-electron chi connectivity index (χ0n) is 26.4. The van der Waals surface area contributed by atoms with Gasteiger partial charge in [0.2, 0.25) is 0 Å². The van der Waals surface area contributed by atoms with Gasteiger partial charge in [-0.3, -0.25) is 0 Å². The van der Waals surface area contributed by atoms with Gasteiger partial charge in [0.1, 0.15) is 0 Å². The molecule has 4 aromatic carbocycles. The van der Waals surface area contributed by atoms with Crippen LogP contribution in [0.3, 0.4) is 0 Å². The van der Waals surface area contributed by atoms with Crippen LogP contribution in [-0.4, -0.2) is 9.97 Å². The first kappa shape index (κ1) is 30.3. The van der Waals surface area contributed by atoms with Gasteiger partial charge < -0.3 is 19.9 Å². The molecule has 1 aliphatic rings. The minimum atomic E-state index is 0. The number of nitrogens with one attached hydrogen (secondary N) is 2. The summed E-state index contributed by atoms with van der Waals surface area (Å²) in [5, 5.41) is 3.62. The van der Waals surface area contributed by atoms with E-state index in [2.05, 4.69) is 156 Å². The molecule has 235 valence electrons. The molecule has 0 aliphatic carbocycles. The molecule has 0 atom stereocenters. The maximum absolute atomic E-state index is 5.35. The van der Waals surface area contributed by atoms with Crippen molar-refractivity contribution in [3.63, 3.8) is 0 Å². The van der Waals surface area contributed by atoms with Gasteiger partial charge in [-0.2, -0.15) is 0 Å². The molecular formula is C44H30CoN4. The SMILES string of the molecule is [Co+2].c1ccc(C2=c3ccc([n-]3)=C(c3ccccc3)c3ccc([nH]3)C(c3ccccc3)=c3ccc([n-]3)=C(c3ccccc3)c3ccc2[nH]3)cc1. The Labute approximate surface area is 294 Å². The number of aromatic nitrogens is 4. The first-order valence-corrected chi connectivity index (χ1v) is 16.2. The maximum Gasteiger partial charge on any atom is 2.00 e. The van der Waals surface area contributed by atoms with Gasteiger partial charge >= 0.3 is 16.8 Å². The Bertz CT molecular complexity index is 2280. The summed E-state index contributed by atoms with van der Waals surface area (Å²) in [4.78, 5) is 18.3. The predicted molar refractivity (Wildman–Crippen MR) is 192 cm³/mol. The van der Waals surface area contributed by atoms with Gasteiger partial charge in [0.05, 0.1) is 0 Å². The molecule has 0 amide bonds. The first-order chi connectivity index (χ1) is 23.8. The second-order valence-corrected chi connectivity index (χ2v) is 12.0. The van der Waals surface area contributed by atoms with Crippen molar-refractivity contribution >= 4 is 22.3 Å². The van der Waals surface area contributed by atoms with Crippen molar-refractivity contribution in [1.82, 2.24) is 19.9 Å². The number of hydrogen-bond donors (Lipinski definition) is 2. The molecule has 0 saturated heterocycles. The van der Waals surface area contributed by atoms with Crippen molar-refractivity contribution in [2.45, 2.75) is 0 Å². The van der Waals surface area contributed by atoms with E-state index in [1.807, 2.05) is 24.3 Å². The molecule has 0 unspecified atom stereocenters. The minimum Gasteiger partial charge on any atom is -0.657 e. The summed E-state index contributed by atoms with van der Waals surface area (Å²) < 4.78 is 0. The van der Waals surface area contributed by atoms with Crippen LogP contribution in [0.15, 0.2) is 170 Å². The summed E-state index contributed by atoms with van der Waals surface area (Å²) in [6, 6.07) is 59.2. The molecule has 2 N–H and O–H groups in total. The third kappa shape index (κ3) is 5.55. The van der Waals surface area contributed by atoms with Gasteiger partial charge in [0.15, 0.2) is 0 Å². The van der Waals surface area contributed by atoms with Crippen LogP contribution in [0.5, 0.6) is 0 Å². The summed E-state index contributed by atoms with van der Waals surface area (Å²) in [6.45, 7) is 0. The number of fused-ring (bicyclic) bond motifs is 8. The van der Waals surface area contributed by atoms with Crippen LogP contribution in [-0.2, 0) is 16.8 Å². The van der Waals surface area contributed by atoms with Crippen LogP contribution in [0.1, 0.15) is 45.0 Å². The van der Waals surface area contributed by atoms with Crippen LogP contribution >= 0.6 is 0 Å². The average molecular weight is 674 g/mol. The van der Waals surface area contributed by atoms with E-state index < -0.39 is 0 Å². The van der Waals surface area contributed by atoms with Crippen molar-refractivity contribution in [3.05, 3.63) is 236 Å². The van der Waals surface area contributed by atoms with Crippen molar-refractivity contribution in [1.29, 1.82) is 0 Å². The molecule has 8 bridgehead atoms. The number of aromatic amines is 2. The molecule has 4 aromatic heterocycles. The molecular weight excluding hydrogens is 643 g/mol. The molecule has 9 rings (SSSR count). The summed E-state index contributed by atoms with van der Waals surface area (Å²) in [5.74, 6) is 0. The Balaban J connectivity index is 0.00000348. The van der Waals surface area contributed by atoms with E-state index in [9.17, 15) is 0 Å². The molecule has 5 heteroatoms. The molecule has 1 aliphatic heterocycles. The largest absolute Gasteiger partial charge is 2.00 e. The third-order valence-corrected chi connectivity index (χ3v) is 9.00. The summed E-state index contributed by atoms with van der Waals surface area (Å²) in [5.41, 5.74) is 12.5. The van der Waals surface area contributed by atoms with Gasteiger partial charge in [-0.25, -0.2) is 0 Å². The van der Waals surface area contributed by atoms with Crippen molar-refractivity contribution in [3.8, 4) is 0 Å². The molecule has 0 fully saturated rings. The molecule has 49 heavy (non-hydrogen) atoms. The van der Waals surface area contributed by atoms with E-state index in [1.165, 1.54) is 0 Å². The molecule has 0 spiro atoms. The normalized spacial score (nSPS) is 12.6. The minimum absolute atomic E-state index is 0. The van der Waals surface area contributed by atoms with Crippen molar-refractivity contribution in [2.75, 3.05) is 0 Å². The average Bonchev–Trinajstić information content (AvgIpc) is 3.98. The molecule has 1 radical (unpaired) electrons. The van der Waals surface area contributed by atoms with E-state index in [0.29, 0.717) is 0 Å². The second-order valence-electron chi connectivity index (χ2n) is 12.0. The maximum atomic E-state index is 5.35. The third-order valence-electron chi connectivity index (χ3n) is 9.00. The standard InChI is InChI=1S/C44H30N4.Co/c1-5-13-29(14-6-1)41-33-21-23-35(45-33)42(30-15-7-2-8-16-30)37-25-27-39(47-37)44(32-19-11-4-12-20-32)40-28-26-38(48-40)43(31-17-9-3-10-18-31)36-24-22-34(41)46-36;/h1-28,45,48H;/q-2;+2. The first-order valence-electron chi connectivity index (χ1n) is 16.2. The molecule has 0 saturated carbocycles. The van der Waals surface area contributed by atoms with Gasteiger partial charge in [-0.1, -0.05) is 146 Å². The quantitative estimate of drug-likeness (QED) is 0.257. The number of nitrogens with zero attached hydrogens (tertiary/aromatic N) is 2. The zero-order valence-corrected chi connectivity index (χ0v) is 27.4. The van der Waals surface area contributed by atoms with Gasteiger partial charge in [0.25, 0.3) is 0 Å².